The molecule has 1 fully saturated rings. The molecule has 0 bridgehead atoms. The van der Waals surface area contributed by atoms with E-state index in [1.807, 2.05) is 0 Å². The molecule has 72 valence electrons. The highest BCUT2D eigenvalue weighted by atomic mass is 29.2. The zero-order valence-corrected chi connectivity index (χ0v) is 12.2. The van der Waals surface area contributed by atoms with E-state index < -0.39 is 8.64 Å². The summed E-state index contributed by atoms with van der Waals surface area (Å²) in [4.78, 5) is 0. The molecule has 2 nitrogen and oxygen atoms in total. The van der Waals surface area contributed by atoms with E-state index in [-0.39, 0.29) is 0 Å². The van der Waals surface area contributed by atoms with E-state index in [0.717, 1.165) is 12.1 Å². The fourth-order valence-electron chi connectivity index (χ4n) is 2.17. The van der Waals surface area contributed by atoms with Crippen molar-refractivity contribution in [2.24, 2.45) is 0 Å². The molecule has 1 saturated heterocycles. The SMILES string of the molecule is CC(C)N1CCN(C(C)C)[SiH]1[SiH3]. The van der Waals surface area contributed by atoms with Crippen LogP contribution in [-0.2, 0) is 0 Å². The van der Waals surface area contributed by atoms with Crippen molar-refractivity contribution in [3.8, 4) is 0 Å². The topological polar surface area (TPSA) is 6.48 Å². The molecule has 1 aliphatic heterocycles. The second-order valence-corrected chi connectivity index (χ2v) is 9.98. The second kappa shape index (κ2) is 4.04. The van der Waals surface area contributed by atoms with E-state index in [1.165, 1.54) is 22.8 Å². The van der Waals surface area contributed by atoms with Gasteiger partial charge in [0, 0.05) is 22.8 Å². The summed E-state index contributed by atoms with van der Waals surface area (Å²) >= 11 is 0. The number of hydrogen-bond acceptors (Lipinski definition) is 2. The Kier molecular flexibility index (Phi) is 3.51. The van der Waals surface area contributed by atoms with E-state index in [1.54, 1.807) is 0 Å². The van der Waals surface area contributed by atoms with Crippen molar-refractivity contribution in [1.29, 1.82) is 0 Å². The van der Waals surface area contributed by atoms with Gasteiger partial charge in [-0.15, -0.1) is 0 Å². The van der Waals surface area contributed by atoms with Crippen LogP contribution in [0, 0.1) is 0 Å². The Morgan fingerprint density at radius 1 is 1.00 bits per heavy atom. The van der Waals surface area contributed by atoms with E-state index in [9.17, 15) is 0 Å². The fourth-order valence-corrected chi connectivity index (χ4v) is 10.4. The summed E-state index contributed by atoms with van der Waals surface area (Å²) in [7, 11) is 0.816. The molecule has 0 saturated carbocycles. The molecule has 1 rings (SSSR count). The molecule has 0 atom stereocenters. The maximum Gasteiger partial charge on any atom is 0.165 e. The summed E-state index contributed by atoms with van der Waals surface area (Å²) in [5, 5.41) is 0. The first-order valence-corrected chi connectivity index (χ1v) is 10.7. The second-order valence-electron chi connectivity index (χ2n) is 4.30. The molecule has 1 heterocycles. The minimum Gasteiger partial charge on any atom is -0.313 e. The van der Waals surface area contributed by atoms with Gasteiger partial charge in [-0.3, -0.25) is 0 Å². The third kappa shape index (κ3) is 1.99. The van der Waals surface area contributed by atoms with Crippen LogP contribution >= 0.6 is 0 Å². The number of hydrogen-bond donors (Lipinski definition) is 0. The van der Waals surface area contributed by atoms with E-state index in [2.05, 4.69) is 36.8 Å². The predicted octanol–water partition coefficient (Wildman–Crippen LogP) is -0.497. The van der Waals surface area contributed by atoms with Gasteiger partial charge < -0.3 is 9.13 Å². The molecule has 0 unspecified atom stereocenters. The molecule has 0 amide bonds. The highest BCUT2D eigenvalue weighted by Gasteiger charge is 2.32. The van der Waals surface area contributed by atoms with Gasteiger partial charge in [0.1, 0.15) is 0 Å². The first-order valence-electron chi connectivity index (χ1n) is 5.05. The number of nitrogens with zero attached hydrogens (tertiary/aromatic N) is 2. The van der Waals surface area contributed by atoms with Gasteiger partial charge in [-0.25, -0.2) is 0 Å². The van der Waals surface area contributed by atoms with Crippen LogP contribution in [0.25, 0.3) is 0 Å². The van der Waals surface area contributed by atoms with Gasteiger partial charge in [0.05, 0.1) is 0 Å². The van der Waals surface area contributed by atoms with Crippen molar-refractivity contribution in [2.45, 2.75) is 39.8 Å². The van der Waals surface area contributed by atoms with Crippen LogP contribution in [0.5, 0.6) is 0 Å². The van der Waals surface area contributed by atoms with Gasteiger partial charge in [-0.1, -0.05) is 27.7 Å². The lowest BCUT2D eigenvalue weighted by molar-refractivity contribution is 0.390. The first kappa shape index (κ1) is 10.4. The third-order valence-corrected chi connectivity index (χ3v) is 10.5. The van der Waals surface area contributed by atoms with Crippen LogP contribution in [0.4, 0.5) is 0 Å². The fraction of sp³-hybridized carbons (Fsp3) is 1.00. The predicted molar refractivity (Wildman–Crippen MR) is 60.8 cm³/mol. The average Bonchev–Trinajstić information content (AvgIpc) is 2.30. The monoisotopic (exact) mass is 202 g/mol. The molecule has 0 aliphatic carbocycles. The molecule has 0 aromatic heterocycles. The molecular weight excluding hydrogens is 180 g/mol. The zero-order chi connectivity index (χ0) is 9.30. The molecule has 0 N–H and O–H groups in total. The van der Waals surface area contributed by atoms with Crippen LogP contribution in [-0.4, -0.2) is 52.7 Å². The summed E-state index contributed by atoms with van der Waals surface area (Å²) in [6.45, 7) is 12.0. The van der Waals surface area contributed by atoms with Gasteiger partial charge in [-0.05, 0) is 12.1 Å². The Hall–Kier alpha value is 0.354. The lowest BCUT2D eigenvalue weighted by Crippen LogP contribution is -2.49. The Morgan fingerprint density at radius 3 is 1.50 bits per heavy atom. The Morgan fingerprint density at radius 2 is 1.33 bits per heavy atom. The summed E-state index contributed by atoms with van der Waals surface area (Å²) in [6.07, 6.45) is 0. The Bertz CT molecular complexity index is 134. The summed E-state index contributed by atoms with van der Waals surface area (Å²) in [5.41, 5.74) is 0. The van der Waals surface area contributed by atoms with Gasteiger partial charge in [0.25, 0.3) is 0 Å². The van der Waals surface area contributed by atoms with Gasteiger partial charge >= 0.3 is 0 Å². The standard InChI is InChI=1S/C8H22N2Si2/c1-7(2)9-5-6-10(8(3)4)12(9)11/h7-8,12H,5-6H2,1-4,11H3. The molecule has 1 aliphatic rings. The minimum atomic E-state index is -0.590. The van der Waals surface area contributed by atoms with E-state index >= 15 is 0 Å². The zero-order valence-electron chi connectivity index (χ0n) is 9.04. The van der Waals surface area contributed by atoms with Crippen LogP contribution in [0.2, 0.25) is 0 Å². The average molecular weight is 202 g/mol. The molecule has 12 heavy (non-hydrogen) atoms. The summed E-state index contributed by atoms with van der Waals surface area (Å²) in [6, 6.07) is 1.56. The quantitative estimate of drug-likeness (QED) is 0.557. The largest absolute Gasteiger partial charge is 0.313 e. The van der Waals surface area contributed by atoms with Crippen LogP contribution in [0.1, 0.15) is 27.7 Å². The maximum atomic E-state index is 2.76. The third-order valence-electron chi connectivity index (χ3n) is 2.90. The molecule has 0 aromatic rings. The molecule has 0 radical (unpaired) electrons. The van der Waals surface area contributed by atoms with Crippen LogP contribution < -0.4 is 0 Å². The minimum absolute atomic E-state index is 0.590. The molecule has 4 heteroatoms. The van der Waals surface area contributed by atoms with Crippen molar-refractivity contribution in [3.05, 3.63) is 0 Å². The summed E-state index contributed by atoms with van der Waals surface area (Å²) in [5.74, 6) is 0. The molecule has 0 aromatic carbocycles. The Balaban J connectivity index is 2.55. The van der Waals surface area contributed by atoms with Crippen molar-refractivity contribution in [3.63, 3.8) is 0 Å². The highest BCUT2D eigenvalue weighted by Crippen LogP contribution is 2.14. The van der Waals surface area contributed by atoms with Crippen molar-refractivity contribution >= 4 is 18.4 Å². The van der Waals surface area contributed by atoms with E-state index in [4.69, 9.17) is 0 Å². The lowest BCUT2D eigenvalue weighted by Gasteiger charge is -2.30. The van der Waals surface area contributed by atoms with E-state index in [0.29, 0.717) is 0 Å². The molecule has 0 spiro atoms. The van der Waals surface area contributed by atoms with Crippen LogP contribution in [0.3, 0.4) is 0 Å². The lowest BCUT2D eigenvalue weighted by atomic mass is 10.3. The summed E-state index contributed by atoms with van der Waals surface area (Å²) < 4.78 is 5.51. The maximum absolute atomic E-state index is 2.76. The van der Waals surface area contributed by atoms with Gasteiger partial charge in [0.2, 0.25) is 0 Å². The normalized spacial score (nSPS) is 23.5. The Labute approximate surface area is 80.9 Å². The first-order chi connectivity index (χ1) is 5.54. The molecular formula is C8H22N2Si2. The number of rotatable bonds is 2. The highest BCUT2D eigenvalue weighted by molar-refractivity contribution is 7.00. The van der Waals surface area contributed by atoms with Crippen molar-refractivity contribution < 1.29 is 0 Å². The van der Waals surface area contributed by atoms with Crippen LogP contribution in [0.15, 0.2) is 0 Å². The van der Waals surface area contributed by atoms with Crippen molar-refractivity contribution in [2.75, 3.05) is 13.1 Å². The van der Waals surface area contributed by atoms with Gasteiger partial charge in [0.15, 0.2) is 8.64 Å². The van der Waals surface area contributed by atoms with Crippen molar-refractivity contribution in [1.82, 2.24) is 9.13 Å². The smallest absolute Gasteiger partial charge is 0.165 e. The van der Waals surface area contributed by atoms with Gasteiger partial charge in [-0.2, -0.15) is 0 Å².